The average molecular weight is 306 g/mol. The number of benzene rings is 1. The number of rotatable bonds is 5. The maximum Gasteiger partial charge on any atom is 0.242 e. The molecule has 0 heterocycles. The fourth-order valence-corrected chi connectivity index (χ4v) is 3.30. The Balaban J connectivity index is 3.00. The summed E-state index contributed by atoms with van der Waals surface area (Å²) in [6.07, 6.45) is 1.07. The molecular weight excluding hydrogens is 288 g/mol. The van der Waals surface area contributed by atoms with Crippen LogP contribution in [0.1, 0.15) is 5.56 Å². The fraction of sp³-hybridized carbons (Fsp3) is 0.455. The van der Waals surface area contributed by atoms with Crippen molar-refractivity contribution in [2.24, 2.45) is 0 Å². The standard InChI is InChI=1S/C11H18N2O4S2/c1-9-4-5-10(8-11(9)12)19(16,17)13(2)6-7-18(3,14)15/h4-5,8H,6-7,12H2,1-3H3. The molecule has 1 aromatic rings. The van der Waals surface area contributed by atoms with Crippen LogP contribution in [0.25, 0.3) is 0 Å². The SMILES string of the molecule is Cc1ccc(S(=O)(=O)N(C)CCS(C)(=O)=O)cc1N. The van der Waals surface area contributed by atoms with Gasteiger partial charge in [-0.25, -0.2) is 16.8 Å². The molecule has 2 N–H and O–H groups in total. The van der Waals surface area contributed by atoms with Gasteiger partial charge in [0.05, 0.1) is 10.6 Å². The van der Waals surface area contributed by atoms with Crippen LogP contribution in [-0.4, -0.2) is 46.7 Å². The van der Waals surface area contributed by atoms with Crippen molar-refractivity contribution in [3.05, 3.63) is 23.8 Å². The molecule has 0 amide bonds. The minimum absolute atomic E-state index is 0.0617. The van der Waals surface area contributed by atoms with Crippen LogP contribution >= 0.6 is 0 Å². The smallest absolute Gasteiger partial charge is 0.242 e. The molecule has 0 aliphatic carbocycles. The third kappa shape index (κ3) is 4.19. The van der Waals surface area contributed by atoms with Crippen molar-refractivity contribution in [3.8, 4) is 0 Å². The Kier molecular flexibility index (Phi) is 4.59. The first-order valence-electron chi connectivity index (χ1n) is 5.54. The minimum atomic E-state index is -3.71. The van der Waals surface area contributed by atoms with Crippen LogP contribution in [0.4, 0.5) is 5.69 Å². The highest BCUT2D eigenvalue weighted by atomic mass is 32.2. The number of nitrogens with zero attached hydrogens (tertiary/aromatic N) is 1. The van der Waals surface area contributed by atoms with Crippen molar-refractivity contribution < 1.29 is 16.8 Å². The first-order chi connectivity index (χ1) is 8.54. The molecule has 0 aliphatic heterocycles. The summed E-state index contributed by atoms with van der Waals surface area (Å²) in [5.41, 5.74) is 6.86. The van der Waals surface area contributed by atoms with Crippen molar-refractivity contribution >= 4 is 25.5 Å². The molecule has 0 fully saturated rings. The van der Waals surface area contributed by atoms with Crippen LogP contribution in [0.5, 0.6) is 0 Å². The Bertz CT molecular complexity index is 666. The Morgan fingerprint density at radius 2 is 1.79 bits per heavy atom. The van der Waals surface area contributed by atoms with E-state index in [-0.39, 0.29) is 17.2 Å². The van der Waals surface area contributed by atoms with E-state index in [4.69, 9.17) is 5.73 Å². The molecule has 6 nitrogen and oxygen atoms in total. The van der Waals surface area contributed by atoms with Crippen molar-refractivity contribution in [2.75, 3.05) is 31.3 Å². The number of nitrogens with two attached hydrogens (primary N) is 1. The number of hydrogen-bond acceptors (Lipinski definition) is 5. The lowest BCUT2D eigenvalue weighted by molar-refractivity contribution is 0.485. The summed E-state index contributed by atoms with van der Waals surface area (Å²) in [6.45, 7) is 1.69. The van der Waals surface area contributed by atoms with E-state index < -0.39 is 19.9 Å². The molecule has 1 aromatic carbocycles. The molecule has 0 saturated carbocycles. The van der Waals surface area contributed by atoms with Crippen molar-refractivity contribution in [1.82, 2.24) is 4.31 Å². The van der Waals surface area contributed by atoms with E-state index in [9.17, 15) is 16.8 Å². The quantitative estimate of drug-likeness (QED) is 0.786. The summed E-state index contributed by atoms with van der Waals surface area (Å²) in [5.74, 6) is -0.218. The largest absolute Gasteiger partial charge is 0.398 e. The molecule has 0 bridgehead atoms. The van der Waals surface area contributed by atoms with Crippen LogP contribution in [0.2, 0.25) is 0 Å². The molecular formula is C11H18N2O4S2. The van der Waals surface area contributed by atoms with Gasteiger partial charge in [-0.3, -0.25) is 0 Å². The third-order valence-corrected chi connectivity index (χ3v) is 5.51. The van der Waals surface area contributed by atoms with Gasteiger partial charge >= 0.3 is 0 Å². The number of aryl methyl sites for hydroxylation is 1. The molecule has 0 aromatic heterocycles. The lowest BCUT2D eigenvalue weighted by Gasteiger charge is -2.17. The topological polar surface area (TPSA) is 97.5 Å². The molecule has 0 aliphatic rings. The van der Waals surface area contributed by atoms with Crippen molar-refractivity contribution in [1.29, 1.82) is 0 Å². The number of anilines is 1. The molecule has 0 radical (unpaired) electrons. The van der Waals surface area contributed by atoms with Crippen LogP contribution in [0, 0.1) is 6.92 Å². The van der Waals surface area contributed by atoms with Crippen LogP contribution in [-0.2, 0) is 19.9 Å². The van der Waals surface area contributed by atoms with E-state index in [2.05, 4.69) is 0 Å². The fourth-order valence-electron chi connectivity index (χ4n) is 1.37. The summed E-state index contributed by atoms with van der Waals surface area (Å²) in [6, 6.07) is 4.45. The summed E-state index contributed by atoms with van der Waals surface area (Å²) in [7, 11) is -5.58. The normalized spacial score (nSPS) is 12.8. The molecule has 8 heteroatoms. The summed E-state index contributed by atoms with van der Waals surface area (Å²) < 4.78 is 47.5. The molecule has 0 atom stereocenters. The van der Waals surface area contributed by atoms with Gasteiger partial charge in [0.25, 0.3) is 0 Å². The number of sulfonamides is 1. The van der Waals surface area contributed by atoms with Crippen molar-refractivity contribution in [3.63, 3.8) is 0 Å². The highest BCUT2D eigenvalue weighted by Gasteiger charge is 2.22. The summed E-state index contributed by atoms with van der Waals surface area (Å²) in [5, 5.41) is 0. The van der Waals surface area contributed by atoms with Gasteiger partial charge in [0, 0.05) is 25.5 Å². The molecule has 1 rings (SSSR count). The zero-order valence-electron chi connectivity index (χ0n) is 11.1. The lowest BCUT2D eigenvalue weighted by Crippen LogP contribution is -2.31. The zero-order chi connectivity index (χ0) is 14.8. The molecule has 0 unspecified atom stereocenters. The van der Waals surface area contributed by atoms with Crippen LogP contribution < -0.4 is 5.73 Å². The van der Waals surface area contributed by atoms with Gasteiger partial charge in [-0.2, -0.15) is 4.31 Å². The first-order valence-corrected chi connectivity index (χ1v) is 9.04. The molecule has 19 heavy (non-hydrogen) atoms. The lowest BCUT2D eigenvalue weighted by atomic mass is 10.2. The molecule has 0 saturated heterocycles. The Hall–Kier alpha value is -1.12. The third-order valence-electron chi connectivity index (χ3n) is 2.74. The summed E-state index contributed by atoms with van der Waals surface area (Å²) in [4.78, 5) is 0.0617. The maximum absolute atomic E-state index is 12.2. The van der Waals surface area contributed by atoms with Gasteiger partial charge in [-0.1, -0.05) is 6.07 Å². The highest BCUT2D eigenvalue weighted by molar-refractivity contribution is 7.91. The Labute approximate surface area is 114 Å². The predicted molar refractivity (Wildman–Crippen MR) is 75.1 cm³/mol. The maximum atomic E-state index is 12.2. The van der Waals surface area contributed by atoms with E-state index in [1.165, 1.54) is 19.2 Å². The Morgan fingerprint density at radius 3 is 2.26 bits per heavy atom. The zero-order valence-corrected chi connectivity index (χ0v) is 12.8. The average Bonchev–Trinajstić information content (AvgIpc) is 2.28. The first kappa shape index (κ1) is 15.9. The highest BCUT2D eigenvalue weighted by Crippen LogP contribution is 2.19. The predicted octanol–water partition coefficient (Wildman–Crippen LogP) is 0.242. The van der Waals surface area contributed by atoms with Gasteiger partial charge in [-0.15, -0.1) is 0 Å². The number of hydrogen-bond donors (Lipinski definition) is 1. The summed E-state index contributed by atoms with van der Waals surface area (Å²) >= 11 is 0. The second-order valence-corrected chi connectivity index (χ2v) is 8.78. The van der Waals surface area contributed by atoms with Gasteiger partial charge in [0.2, 0.25) is 10.0 Å². The van der Waals surface area contributed by atoms with Gasteiger partial charge in [0.15, 0.2) is 0 Å². The second kappa shape index (κ2) is 5.48. The molecule has 0 spiro atoms. The van der Waals surface area contributed by atoms with E-state index in [1.54, 1.807) is 13.0 Å². The van der Waals surface area contributed by atoms with Gasteiger partial charge in [-0.05, 0) is 24.6 Å². The minimum Gasteiger partial charge on any atom is -0.398 e. The monoisotopic (exact) mass is 306 g/mol. The number of nitrogen functional groups attached to an aromatic ring is 1. The van der Waals surface area contributed by atoms with E-state index in [0.29, 0.717) is 5.69 Å². The Morgan fingerprint density at radius 1 is 1.21 bits per heavy atom. The van der Waals surface area contributed by atoms with E-state index in [1.807, 2.05) is 0 Å². The van der Waals surface area contributed by atoms with Crippen LogP contribution in [0.3, 0.4) is 0 Å². The van der Waals surface area contributed by atoms with Gasteiger partial charge < -0.3 is 5.73 Å². The van der Waals surface area contributed by atoms with E-state index >= 15 is 0 Å². The van der Waals surface area contributed by atoms with Crippen molar-refractivity contribution in [2.45, 2.75) is 11.8 Å². The number of sulfone groups is 1. The molecule has 108 valence electrons. The second-order valence-electron chi connectivity index (χ2n) is 4.47. The van der Waals surface area contributed by atoms with E-state index in [0.717, 1.165) is 16.1 Å². The van der Waals surface area contributed by atoms with Gasteiger partial charge in [0.1, 0.15) is 9.84 Å². The van der Waals surface area contributed by atoms with Crippen LogP contribution in [0.15, 0.2) is 23.1 Å².